The number of alkyl halides is 3. The van der Waals surface area contributed by atoms with E-state index >= 15 is 0 Å². The molecule has 0 aliphatic carbocycles. The van der Waals surface area contributed by atoms with Crippen LogP contribution < -0.4 is 14.8 Å². The number of benzene rings is 3. The molecular weight excluding hydrogens is 551 g/mol. The quantitative estimate of drug-likeness (QED) is 0.215. The number of ether oxygens (including phenoxy) is 2. The van der Waals surface area contributed by atoms with E-state index < -0.39 is 24.3 Å². The average Bonchev–Trinajstić information content (AvgIpc) is 3.40. The first kappa shape index (κ1) is 28.2. The summed E-state index contributed by atoms with van der Waals surface area (Å²) in [6.07, 6.45) is -1.62. The van der Waals surface area contributed by atoms with Gasteiger partial charge in [-0.3, -0.25) is 4.79 Å². The summed E-state index contributed by atoms with van der Waals surface area (Å²) in [6.45, 7) is 0.400. The zero-order valence-corrected chi connectivity index (χ0v) is 21.9. The van der Waals surface area contributed by atoms with Crippen molar-refractivity contribution in [1.82, 2.24) is 14.7 Å². The number of aliphatic carboxylic acids is 1. The molecule has 0 fully saturated rings. The second kappa shape index (κ2) is 12.0. The van der Waals surface area contributed by atoms with Crippen LogP contribution in [-0.2, 0) is 17.8 Å². The number of pyridine rings is 1. The highest BCUT2D eigenvalue weighted by Crippen LogP contribution is 2.27. The molecule has 0 saturated heterocycles. The molecule has 0 aliphatic rings. The number of hydrogen-bond donors (Lipinski definition) is 2. The number of fused-ring (bicyclic) bond motifs is 1. The minimum Gasteiger partial charge on any atom is -0.489 e. The van der Waals surface area contributed by atoms with Crippen LogP contribution in [0.15, 0.2) is 103 Å². The zero-order chi connectivity index (χ0) is 29.7. The van der Waals surface area contributed by atoms with Crippen molar-refractivity contribution in [2.45, 2.75) is 25.4 Å². The Morgan fingerprint density at radius 3 is 2.17 bits per heavy atom. The van der Waals surface area contributed by atoms with E-state index in [1.165, 1.54) is 30.5 Å². The van der Waals surface area contributed by atoms with Crippen molar-refractivity contribution in [3.05, 3.63) is 120 Å². The number of carbonyl (C=O) groups excluding carboxylic acids is 1. The summed E-state index contributed by atoms with van der Waals surface area (Å²) >= 11 is 0. The number of carboxylic acids is 1. The lowest BCUT2D eigenvalue weighted by Crippen LogP contribution is -2.42. The van der Waals surface area contributed by atoms with Gasteiger partial charge < -0.3 is 24.3 Å². The molecule has 0 bridgehead atoms. The Bertz CT molecular complexity index is 1690. The van der Waals surface area contributed by atoms with Crippen molar-refractivity contribution in [2.75, 3.05) is 0 Å². The van der Waals surface area contributed by atoms with Gasteiger partial charge in [0.1, 0.15) is 35.5 Å². The molecule has 0 spiro atoms. The van der Waals surface area contributed by atoms with Gasteiger partial charge in [0.05, 0.1) is 0 Å². The highest BCUT2D eigenvalue weighted by Gasteiger charge is 2.31. The minimum absolute atomic E-state index is 0.0111. The van der Waals surface area contributed by atoms with Crippen LogP contribution in [0.25, 0.3) is 16.8 Å². The SMILES string of the molecule is O=C(N[C@@H](Cc1ccc(OCc2ccccc2)cc1)C(=O)O)c1cn2cc(-c3ccc(OC(F)(F)F)cc3)ccc2n1. The van der Waals surface area contributed by atoms with Gasteiger partial charge in [0, 0.05) is 18.8 Å². The van der Waals surface area contributed by atoms with Crippen molar-refractivity contribution in [3.8, 4) is 22.6 Å². The predicted molar refractivity (Wildman–Crippen MR) is 147 cm³/mol. The fraction of sp³-hybridized carbons (Fsp3) is 0.129. The van der Waals surface area contributed by atoms with E-state index in [9.17, 15) is 27.9 Å². The van der Waals surface area contributed by atoms with Gasteiger partial charge in [-0.15, -0.1) is 13.2 Å². The van der Waals surface area contributed by atoms with Crippen molar-refractivity contribution in [1.29, 1.82) is 0 Å². The third kappa shape index (κ3) is 7.25. The van der Waals surface area contributed by atoms with Gasteiger partial charge in [-0.05, 0) is 58.7 Å². The highest BCUT2D eigenvalue weighted by atomic mass is 19.4. The summed E-state index contributed by atoms with van der Waals surface area (Å²) in [5, 5.41) is 12.3. The van der Waals surface area contributed by atoms with Crippen LogP contribution in [0.2, 0.25) is 0 Å². The number of amides is 1. The molecule has 8 nitrogen and oxygen atoms in total. The molecule has 0 radical (unpaired) electrons. The molecule has 0 aliphatic heterocycles. The van der Waals surface area contributed by atoms with E-state index in [0.717, 1.165) is 5.56 Å². The maximum absolute atomic E-state index is 12.9. The van der Waals surface area contributed by atoms with Crippen LogP contribution in [0.4, 0.5) is 13.2 Å². The molecule has 5 rings (SSSR count). The molecule has 5 aromatic rings. The number of hydrogen-bond acceptors (Lipinski definition) is 5. The van der Waals surface area contributed by atoms with E-state index in [1.807, 2.05) is 30.3 Å². The first-order chi connectivity index (χ1) is 20.1. The molecule has 1 atom stereocenters. The van der Waals surface area contributed by atoms with Crippen molar-refractivity contribution < 1.29 is 37.3 Å². The number of halogens is 3. The molecule has 0 saturated carbocycles. The summed E-state index contributed by atoms with van der Waals surface area (Å²) in [5.74, 6) is -1.57. The van der Waals surface area contributed by atoms with Gasteiger partial charge in [0.25, 0.3) is 5.91 Å². The fourth-order valence-corrected chi connectivity index (χ4v) is 4.25. The Morgan fingerprint density at radius 1 is 0.833 bits per heavy atom. The summed E-state index contributed by atoms with van der Waals surface area (Å²) in [4.78, 5) is 29.1. The summed E-state index contributed by atoms with van der Waals surface area (Å²) in [5.41, 5.74) is 3.43. The van der Waals surface area contributed by atoms with E-state index in [1.54, 1.807) is 47.0 Å². The molecular formula is C31H24F3N3O5. The number of aromatic nitrogens is 2. The molecule has 2 N–H and O–H groups in total. The van der Waals surface area contributed by atoms with Crippen LogP contribution in [0.5, 0.6) is 11.5 Å². The lowest BCUT2D eigenvalue weighted by atomic mass is 10.1. The Balaban J connectivity index is 1.23. The predicted octanol–water partition coefficient (Wildman–Crippen LogP) is 5.90. The first-order valence-electron chi connectivity index (χ1n) is 12.8. The van der Waals surface area contributed by atoms with Crippen LogP contribution in [0, 0.1) is 0 Å². The van der Waals surface area contributed by atoms with Crippen LogP contribution in [0.3, 0.4) is 0 Å². The van der Waals surface area contributed by atoms with Crippen molar-refractivity contribution in [2.24, 2.45) is 0 Å². The second-order valence-corrected chi connectivity index (χ2v) is 9.37. The molecule has 3 aromatic carbocycles. The van der Waals surface area contributed by atoms with E-state index in [2.05, 4.69) is 15.0 Å². The second-order valence-electron chi connectivity index (χ2n) is 9.37. The van der Waals surface area contributed by atoms with Gasteiger partial charge in [0.2, 0.25) is 0 Å². The maximum atomic E-state index is 12.9. The first-order valence-corrected chi connectivity index (χ1v) is 12.8. The number of carbonyl (C=O) groups is 2. The Morgan fingerprint density at radius 2 is 1.50 bits per heavy atom. The van der Waals surface area contributed by atoms with Gasteiger partial charge >= 0.3 is 12.3 Å². The third-order valence-corrected chi connectivity index (χ3v) is 6.32. The fourth-order valence-electron chi connectivity index (χ4n) is 4.25. The molecule has 2 heterocycles. The van der Waals surface area contributed by atoms with Crippen molar-refractivity contribution >= 4 is 17.5 Å². The summed E-state index contributed by atoms with van der Waals surface area (Å²) in [7, 11) is 0. The number of nitrogens with zero attached hydrogens (tertiary/aromatic N) is 2. The maximum Gasteiger partial charge on any atom is 0.573 e. The number of rotatable bonds is 10. The number of carboxylic acid groups (broad SMARTS) is 1. The van der Waals surface area contributed by atoms with Crippen LogP contribution in [0.1, 0.15) is 21.6 Å². The Labute approximate surface area is 238 Å². The number of imidazole rings is 1. The van der Waals surface area contributed by atoms with Gasteiger partial charge in [0.15, 0.2) is 0 Å². The summed E-state index contributed by atoms with van der Waals surface area (Å²) < 4.78 is 48.5. The minimum atomic E-state index is -4.78. The zero-order valence-electron chi connectivity index (χ0n) is 21.9. The topological polar surface area (TPSA) is 102 Å². The van der Waals surface area contributed by atoms with E-state index in [0.29, 0.717) is 34.7 Å². The standard InChI is InChI=1S/C31H24F3N3O5/c32-31(33,34)42-25-13-8-22(9-14-25)23-10-15-28-35-27(18-37(28)17-23)29(38)36-26(30(39)40)16-20-6-11-24(12-7-20)41-19-21-4-2-1-3-5-21/h1-15,17-18,26H,16,19H2,(H,36,38)(H,39,40)/t26-/m0/s1. The van der Waals surface area contributed by atoms with Gasteiger partial charge in [-0.2, -0.15) is 0 Å². The van der Waals surface area contributed by atoms with Crippen molar-refractivity contribution in [3.63, 3.8) is 0 Å². The molecule has 11 heteroatoms. The lowest BCUT2D eigenvalue weighted by molar-refractivity contribution is -0.274. The van der Waals surface area contributed by atoms with E-state index in [4.69, 9.17) is 4.74 Å². The normalized spacial score (nSPS) is 12.1. The van der Waals surface area contributed by atoms with Gasteiger partial charge in [-0.1, -0.05) is 54.6 Å². The molecule has 0 unspecified atom stereocenters. The Hall–Kier alpha value is -5.32. The molecule has 214 valence electrons. The largest absolute Gasteiger partial charge is 0.573 e. The Kier molecular flexibility index (Phi) is 8.09. The molecule has 2 aromatic heterocycles. The monoisotopic (exact) mass is 575 g/mol. The molecule has 42 heavy (non-hydrogen) atoms. The van der Waals surface area contributed by atoms with Gasteiger partial charge in [-0.25, -0.2) is 9.78 Å². The highest BCUT2D eigenvalue weighted by molar-refractivity contribution is 5.95. The third-order valence-electron chi connectivity index (χ3n) is 6.32. The smallest absolute Gasteiger partial charge is 0.489 e. The average molecular weight is 576 g/mol. The van der Waals surface area contributed by atoms with E-state index in [-0.39, 0.29) is 17.9 Å². The van der Waals surface area contributed by atoms with Crippen LogP contribution >= 0.6 is 0 Å². The number of nitrogens with one attached hydrogen (secondary N) is 1. The van der Waals surface area contributed by atoms with Crippen LogP contribution in [-0.4, -0.2) is 38.8 Å². The lowest BCUT2D eigenvalue weighted by Gasteiger charge is -2.14. The summed E-state index contributed by atoms with van der Waals surface area (Å²) in [6, 6.07) is 24.2. The molecule has 1 amide bonds.